The fraction of sp³-hybridized carbons (Fsp3) is 0.125. The lowest BCUT2D eigenvalue weighted by atomic mass is 10.2. The van der Waals surface area contributed by atoms with Gasteiger partial charge in [-0.3, -0.25) is 4.79 Å². The van der Waals surface area contributed by atoms with Crippen LogP contribution in [0.2, 0.25) is 0 Å². The van der Waals surface area contributed by atoms with Crippen molar-refractivity contribution in [2.45, 2.75) is 11.8 Å². The molecular weight excluding hydrogens is 358 g/mol. The van der Waals surface area contributed by atoms with Crippen molar-refractivity contribution in [2.24, 2.45) is 0 Å². The van der Waals surface area contributed by atoms with Crippen molar-refractivity contribution in [1.82, 2.24) is 24.9 Å². The summed E-state index contributed by atoms with van der Waals surface area (Å²) in [6.45, 7) is 1.72. The Morgan fingerprint density at radius 1 is 1.19 bits per heavy atom. The van der Waals surface area contributed by atoms with Crippen LogP contribution in [-0.2, 0) is 10.0 Å². The molecule has 0 atom stereocenters. The number of benzene rings is 2. The second kappa shape index (κ2) is 6.92. The third-order valence-electron chi connectivity index (χ3n) is 3.63. The monoisotopic (exact) mass is 373 g/mol. The third-order valence-corrected chi connectivity index (χ3v) is 4.95. The van der Waals surface area contributed by atoms with Gasteiger partial charge < -0.3 is 4.74 Å². The van der Waals surface area contributed by atoms with Gasteiger partial charge in [0.2, 0.25) is 0 Å². The van der Waals surface area contributed by atoms with Crippen LogP contribution in [0.15, 0.2) is 53.7 Å². The van der Waals surface area contributed by atoms with Gasteiger partial charge in [-0.1, -0.05) is 6.07 Å². The maximum atomic E-state index is 12.5. The topological polar surface area (TPSA) is 116 Å². The van der Waals surface area contributed by atoms with Crippen LogP contribution >= 0.6 is 0 Å². The van der Waals surface area contributed by atoms with E-state index in [0.717, 1.165) is 0 Å². The van der Waals surface area contributed by atoms with Crippen LogP contribution < -0.4 is 9.46 Å². The molecule has 0 aliphatic carbocycles. The first kappa shape index (κ1) is 17.5. The van der Waals surface area contributed by atoms with Gasteiger partial charge in [-0.2, -0.15) is 0 Å². The molecule has 0 aliphatic heterocycles. The van der Waals surface area contributed by atoms with Crippen LogP contribution in [0.4, 0.5) is 0 Å². The molecule has 0 radical (unpaired) electrons. The summed E-state index contributed by atoms with van der Waals surface area (Å²) in [5, 5.41) is 10.8. The van der Waals surface area contributed by atoms with Crippen molar-refractivity contribution < 1.29 is 17.9 Å². The van der Waals surface area contributed by atoms with E-state index in [9.17, 15) is 13.2 Å². The summed E-state index contributed by atoms with van der Waals surface area (Å²) in [6.07, 6.45) is 1.37. The van der Waals surface area contributed by atoms with E-state index in [1.807, 2.05) is 0 Å². The number of amides is 1. The van der Waals surface area contributed by atoms with E-state index in [2.05, 4.69) is 20.2 Å². The number of ether oxygens (including phenoxy) is 1. The Morgan fingerprint density at radius 3 is 2.65 bits per heavy atom. The maximum absolute atomic E-state index is 12.5. The van der Waals surface area contributed by atoms with Gasteiger partial charge in [0.05, 0.1) is 17.7 Å². The van der Waals surface area contributed by atoms with Gasteiger partial charge in [0.25, 0.3) is 15.9 Å². The van der Waals surface area contributed by atoms with Crippen LogP contribution in [0.1, 0.15) is 15.9 Å². The molecule has 134 valence electrons. The van der Waals surface area contributed by atoms with E-state index >= 15 is 0 Å². The SMILES string of the molecule is COc1ccc(S(=O)(=O)NC(=O)c2cccc(-n3cnnn3)c2)cc1C. The highest BCUT2D eigenvalue weighted by Crippen LogP contribution is 2.21. The highest BCUT2D eigenvalue weighted by molar-refractivity contribution is 7.90. The molecule has 0 fully saturated rings. The Hall–Kier alpha value is -3.27. The number of carbonyl (C=O) groups excluding carboxylic acids is 1. The zero-order chi connectivity index (χ0) is 18.7. The molecule has 0 saturated carbocycles. The van der Waals surface area contributed by atoms with Crippen molar-refractivity contribution in [1.29, 1.82) is 0 Å². The highest BCUT2D eigenvalue weighted by Gasteiger charge is 2.20. The number of methoxy groups -OCH3 is 1. The van der Waals surface area contributed by atoms with Gasteiger partial charge in [0.1, 0.15) is 12.1 Å². The van der Waals surface area contributed by atoms with Crippen LogP contribution in [0.3, 0.4) is 0 Å². The van der Waals surface area contributed by atoms with Crippen molar-refractivity contribution >= 4 is 15.9 Å². The molecule has 2 aromatic carbocycles. The first-order valence-corrected chi connectivity index (χ1v) is 8.94. The smallest absolute Gasteiger partial charge is 0.265 e. The molecule has 0 aliphatic rings. The summed E-state index contributed by atoms with van der Waals surface area (Å²) in [5.41, 5.74) is 1.33. The number of aryl methyl sites for hydroxylation is 1. The van der Waals surface area contributed by atoms with Gasteiger partial charge in [0, 0.05) is 5.56 Å². The van der Waals surface area contributed by atoms with E-state index in [0.29, 0.717) is 17.0 Å². The Morgan fingerprint density at radius 2 is 2.00 bits per heavy atom. The molecule has 1 N–H and O–H groups in total. The van der Waals surface area contributed by atoms with Crippen LogP contribution in [-0.4, -0.2) is 41.6 Å². The summed E-state index contributed by atoms with van der Waals surface area (Å²) < 4.78 is 33.5. The van der Waals surface area contributed by atoms with Crippen LogP contribution in [0, 0.1) is 6.92 Å². The average molecular weight is 373 g/mol. The third kappa shape index (κ3) is 3.54. The van der Waals surface area contributed by atoms with E-state index in [1.54, 1.807) is 19.1 Å². The Labute approximate surface area is 149 Å². The van der Waals surface area contributed by atoms with Crippen molar-refractivity contribution in [3.63, 3.8) is 0 Å². The molecule has 3 aromatic rings. The van der Waals surface area contributed by atoms with Gasteiger partial charge in [-0.05, 0) is 59.3 Å². The van der Waals surface area contributed by atoms with Gasteiger partial charge in [-0.15, -0.1) is 5.10 Å². The van der Waals surface area contributed by atoms with Crippen molar-refractivity contribution in [3.8, 4) is 11.4 Å². The number of carbonyl (C=O) groups is 1. The summed E-state index contributed by atoms with van der Waals surface area (Å²) in [5.74, 6) is -0.196. The quantitative estimate of drug-likeness (QED) is 0.712. The molecule has 1 heterocycles. The molecule has 0 unspecified atom stereocenters. The second-order valence-electron chi connectivity index (χ2n) is 5.37. The number of rotatable bonds is 5. The molecule has 0 bridgehead atoms. The summed E-state index contributed by atoms with van der Waals surface area (Å²) in [7, 11) is -2.53. The predicted molar refractivity (Wildman–Crippen MR) is 91.5 cm³/mol. The van der Waals surface area contributed by atoms with Crippen molar-refractivity contribution in [3.05, 3.63) is 59.9 Å². The molecular formula is C16H15N5O4S. The molecule has 9 nitrogen and oxygen atoms in total. The molecule has 0 spiro atoms. The minimum atomic E-state index is -4.02. The number of hydrogen-bond acceptors (Lipinski definition) is 7. The number of hydrogen-bond donors (Lipinski definition) is 1. The Balaban J connectivity index is 1.85. The van der Waals surface area contributed by atoms with Crippen LogP contribution in [0.5, 0.6) is 5.75 Å². The molecule has 3 rings (SSSR count). The predicted octanol–water partition coefficient (Wildman–Crippen LogP) is 1.10. The molecule has 0 saturated heterocycles. The fourth-order valence-corrected chi connectivity index (χ4v) is 3.39. The Bertz CT molecular complexity index is 1050. The molecule has 10 heteroatoms. The highest BCUT2D eigenvalue weighted by atomic mass is 32.2. The first-order chi connectivity index (χ1) is 12.4. The number of tetrazole rings is 1. The lowest BCUT2D eigenvalue weighted by molar-refractivity contribution is 0.0981. The van der Waals surface area contributed by atoms with Crippen LogP contribution in [0.25, 0.3) is 5.69 Å². The normalized spacial score (nSPS) is 11.2. The van der Waals surface area contributed by atoms with E-state index in [-0.39, 0.29) is 10.5 Å². The van der Waals surface area contributed by atoms with Crippen molar-refractivity contribution in [2.75, 3.05) is 7.11 Å². The van der Waals surface area contributed by atoms with Gasteiger partial charge in [0.15, 0.2) is 0 Å². The lowest BCUT2D eigenvalue weighted by Crippen LogP contribution is -2.30. The number of aromatic nitrogens is 4. The minimum Gasteiger partial charge on any atom is -0.496 e. The minimum absolute atomic E-state index is 0.0271. The second-order valence-corrected chi connectivity index (χ2v) is 7.05. The van der Waals surface area contributed by atoms with E-state index in [4.69, 9.17) is 4.74 Å². The number of nitrogens with one attached hydrogen (secondary N) is 1. The van der Waals surface area contributed by atoms with Gasteiger partial charge in [-0.25, -0.2) is 17.8 Å². The summed E-state index contributed by atoms with van der Waals surface area (Å²) >= 11 is 0. The van der Waals surface area contributed by atoms with E-state index < -0.39 is 15.9 Å². The zero-order valence-electron chi connectivity index (χ0n) is 13.9. The average Bonchev–Trinajstić information content (AvgIpc) is 3.16. The molecule has 1 amide bonds. The fourth-order valence-electron chi connectivity index (χ4n) is 2.33. The largest absolute Gasteiger partial charge is 0.496 e. The maximum Gasteiger partial charge on any atom is 0.265 e. The Kier molecular flexibility index (Phi) is 4.67. The summed E-state index contributed by atoms with van der Waals surface area (Å²) in [4.78, 5) is 12.4. The number of nitrogens with zero attached hydrogens (tertiary/aromatic N) is 4. The molecule has 26 heavy (non-hydrogen) atoms. The molecule has 1 aromatic heterocycles. The summed E-state index contributed by atoms with van der Waals surface area (Å²) in [6, 6.07) is 10.6. The van der Waals surface area contributed by atoms with E-state index in [1.165, 1.54) is 48.5 Å². The van der Waals surface area contributed by atoms with Gasteiger partial charge >= 0.3 is 0 Å². The zero-order valence-corrected chi connectivity index (χ0v) is 14.8. The number of sulfonamides is 1. The lowest BCUT2D eigenvalue weighted by Gasteiger charge is -2.10. The standard InChI is InChI=1S/C16H15N5O4S/c1-11-8-14(6-7-15(11)25-2)26(23,24)18-16(22)12-4-3-5-13(9-12)21-10-17-19-20-21/h3-10H,1-2H3,(H,18,22). The first-order valence-electron chi connectivity index (χ1n) is 7.46.